The average molecular weight is 400 g/mol. The molecule has 2 aromatic rings. The Bertz CT molecular complexity index is 833. The SMILES string of the molecule is CCCC1(F)CCC(Nc2ncc(C(=O)NO)cc2CC)(c2ccccc2)CC1. The summed E-state index contributed by atoms with van der Waals surface area (Å²) < 4.78 is 15.2. The maximum Gasteiger partial charge on any atom is 0.276 e. The number of amides is 1. The number of halogens is 1. The third kappa shape index (κ3) is 4.58. The third-order valence-electron chi connectivity index (χ3n) is 6.09. The van der Waals surface area contributed by atoms with Crippen LogP contribution in [0.4, 0.5) is 10.2 Å². The number of hydrogen-bond donors (Lipinski definition) is 3. The molecule has 1 aliphatic carbocycles. The van der Waals surface area contributed by atoms with E-state index in [4.69, 9.17) is 5.21 Å². The minimum Gasteiger partial charge on any atom is -0.360 e. The number of nitrogens with one attached hydrogen (secondary N) is 2. The molecule has 5 nitrogen and oxygen atoms in total. The maximum absolute atomic E-state index is 15.2. The van der Waals surface area contributed by atoms with Gasteiger partial charge in [-0.25, -0.2) is 14.9 Å². The number of carbonyl (C=O) groups excluding carboxylic acids is 1. The highest BCUT2D eigenvalue weighted by molar-refractivity contribution is 5.93. The Hall–Kier alpha value is -2.47. The molecule has 0 aliphatic heterocycles. The van der Waals surface area contributed by atoms with Gasteiger partial charge in [0, 0.05) is 6.20 Å². The fraction of sp³-hybridized carbons (Fsp3) is 0.478. The van der Waals surface area contributed by atoms with Crippen molar-refractivity contribution in [1.29, 1.82) is 0 Å². The minimum absolute atomic E-state index is 0.304. The zero-order chi connectivity index (χ0) is 20.9. The molecule has 0 spiro atoms. The number of rotatable bonds is 7. The van der Waals surface area contributed by atoms with Crippen LogP contribution in [0.5, 0.6) is 0 Å². The summed E-state index contributed by atoms with van der Waals surface area (Å²) in [6.07, 6.45) is 5.94. The lowest BCUT2D eigenvalue weighted by Gasteiger charge is -2.44. The van der Waals surface area contributed by atoms with Gasteiger partial charge in [-0.05, 0) is 55.7 Å². The predicted molar refractivity (Wildman–Crippen MR) is 112 cm³/mol. The normalized spacial score (nSPS) is 24.1. The van der Waals surface area contributed by atoms with Gasteiger partial charge in [-0.15, -0.1) is 0 Å². The maximum atomic E-state index is 15.2. The Morgan fingerprint density at radius 1 is 1.17 bits per heavy atom. The number of aryl methyl sites for hydroxylation is 1. The van der Waals surface area contributed by atoms with Gasteiger partial charge in [0.2, 0.25) is 0 Å². The summed E-state index contributed by atoms with van der Waals surface area (Å²) in [4.78, 5) is 16.2. The first-order chi connectivity index (χ1) is 13.9. The highest BCUT2D eigenvalue weighted by atomic mass is 19.1. The average Bonchev–Trinajstić information content (AvgIpc) is 2.76. The fourth-order valence-electron chi connectivity index (χ4n) is 4.37. The summed E-state index contributed by atoms with van der Waals surface area (Å²) in [7, 11) is 0. The number of hydrogen-bond acceptors (Lipinski definition) is 4. The van der Waals surface area contributed by atoms with E-state index in [1.54, 1.807) is 11.5 Å². The number of alkyl halides is 1. The second-order valence-electron chi connectivity index (χ2n) is 8.00. The molecule has 1 amide bonds. The summed E-state index contributed by atoms with van der Waals surface area (Å²) in [6.45, 7) is 4.02. The molecule has 1 aromatic carbocycles. The van der Waals surface area contributed by atoms with Gasteiger partial charge < -0.3 is 5.32 Å². The Balaban J connectivity index is 1.94. The van der Waals surface area contributed by atoms with E-state index < -0.39 is 17.1 Å². The second kappa shape index (κ2) is 8.91. The lowest BCUT2D eigenvalue weighted by molar-refractivity contribution is 0.0678. The molecule has 6 heteroatoms. The Morgan fingerprint density at radius 3 is 2.45 bits per heavy atom. The molecule has 156 valence electrons. The number of carbonyl (C=O) groups is 1. The zero-order valence-electron chi connectivity index (χ0n) is 17.2. The molecule has 3 rings (SSSR count). The van der Waals surface area contributed by atoms with Crippen LogP contribution in [-0.4, -0.2) is 21.8 Å². The van der Waals surface area contributed by atoms with E-state index in [1.807, 2.05) is 32.0 Å². The number of aromatic nitrogens is 1. The highest BCUT2D eigenvalue weighted by Gasteiger charge is 2.44. The summed E-state index contributed by atoms with van der Waals surface area (Å²) in [5.74, 6) is 0.115. The molecule has 0 bridgehead atoms. The van der Waals surface area contributed by atoms with Crippen molar-refractivity contribution in [3.8, 4) is 0 Å². The second-order valence-corrected chi connectivity index (χ2v) is 8.00. The molecule has 0 saturated heterocycles. The number of hydroxylamine groups is 1. The van der Waals surface area contributed by atoms with Crippen molar-refractivity contribution < 1.29 is 14.4 Å². The largest absolute Gasteiger partial charge is 0.360 e. The zero-order valence-corrected chi connectivity index (χ0v) is 17.2. The molecule has 1 aromatic heterocycles. The lowest BCUT2D eigenvalue weighted by atomic mass is 9.70. The molecular formula is C23H30FN3O2. The van der Waals surface area contributed by atoms with Crippen LogP contribution in [0.2, 0.25) is 0 Å². The van der Waals surface area contributed by atoms with E-state index >= 15 is 4.39 Å². The Morgan fingerprint density at radius 2 is 1.86 bits per heavy atom. The summed E-state index contributed by atoms with van der Waals surface area (Å²) in [6, 6.07) is 11.9. The molecule has 1 saturated carbocycles. The molecule has 0 radical (unpaired) electrons. The minimum atomic E-state index is -1.10. The van der Waals surface area contributed by atoms with E-state index in [-0.39, 0.29) is 0 Å². The number of pyridine rings is 1. The summed E-state index contributed by atoms with van der Waals surface area (Å²) in [5, 5.41) is 12.5. The molecule has 1 aliphatic rings. The van der Waals surface area contributed by atoms with Crippen molar-refractivity contribution in [3.05, 3.63) is 59.3 Å². The van der Waals surface area contributed by atoms with Crippen LogP contribution in [0.1, 0.15) is 73.9 Å². The van der Waals surface area contributed by atoms with Crippen LogP contribution in [0.15, 0.2) is 42.6 Å². The molecule has 0 unspecified atom stereocenters. The quantitative estimate of drug-likeness (QED) is 0.444. The van der Waals surface area contributed by atoms with Crippen LogP contribution in [0.25, 0.3) is 0 Å². The van der Waals surface area contributed by atoms with Crippen molar-refractivity contribution in [2.45, 2.75) is 70.0 Å². The summed E-state index contributed by atoms with van der Waals surface area (Å²) >= 11 is 0. The molecule has 3 N–H and O–H groups in total. The van der Waals surface area contributed by atoms with E-state index in [9.17, 15) is 4.79 Å². The van der Waals surface area contributed by atoms with Crippen molar-refractivity contribution in [3.63, 3.8) is 0 Å². The van der Waals surface area contributed by atoms with Crippen LogP contribution in [0, 0.1) is 0 Å². The topological polar surface area (TPSA) is 74.2 Å². The first kappa shape index (κ1) is 21.2. The van der Waals surface area contributed by atoms with E-state index in [0.717, 1.165) is 17.5 Å². The lowest BCUT2D eigenvalue weighted by Crippen LogP contribution is -2.44. The first-order valence-corrected chi connectivity index (χ1v) is 10.4. The van der Waals surface area contributed by atoms with Crippen LogP contribution in [-0.2, 0) is 12.0 Å². The van der Waals surface area contributed by atoms with Crippen LogP contribution >= 0.6 is 0 Å². The van der Waals surface area contributed by atoms with E-state index in [0.29, 0.717) is 49.9 Å². The van der Waals surface area contributed by atoms with Gasteiger partial charge in [-0.1, -0.05) is 50.6 Å². The van der Waals surface area contributed by atoms with Gasteiger partial charge in [0.05, 0.1) is 11.1 Å². The molecule has 1 fully saturated rings. The van der Waals surface area contributed by atoms with Crippen molar-refractivity contribution in [1.82, 2.24) is 10.5 Å². The van der Waals surface area contributed by atoms with Gasteiger partial charge in [0.1, 0.15) is 11.5 Å². The van der Waals surface area contributed by atoms with Crippen molar-refractivity contribution in [2.24, 2.45) is 0 Å². The fourth-order valence-corrected chi connectivity index (χ4v) is 4.37. The molecule has 1 heterocycles. The number of benzene rings is 1. The third-order valence-corrected chi connectivity index (χ3v) is 6.09. The van der Waals surface area contributed by atoms with Crippen molar-refractivity contribution >= 4 is 11.7 Å². The first-order valence-electron chi connectivity index (χ1n) is 10.4. The standard InChI is InChI=1S/C23H30FN3O2/c1-3-10-22(24)11-13-23(14-12-22,19-8-6-5-7-9-19)26-20-17(4-2)15-18(16-25-20)21(28)27-29/h5-9,15-16,29H,3-4,10-14H2,1-2H3,(H,25,26)(H,27,28). The van der Waals surface area contributed by atoms with Crippen LogP contribution in [0.3, 0.4) is 0 Å². The van der Waals surface area contributed by atoms with Gasteiger partial charge in [0.15, 0.2) is 0 Å². The molecule has 0 atom stereocenters. The van der Waals surface area contributed by atoms with E-state index in [2.05, 4.69) is 22.4 Å². The van der Waals surface area contributed by atoms with Gasteiger partial charge in [-0.3, -0.25) is 10.0 Å². The number of nitrogens with zero attached hydrogens (tertiary/aromatic N) is 1. The highest BCUT2D eigenvalue weighted by Crippen LogP contribution is 2.46. The van der Waals surface area contributed by atoms with Gasteiger partial charge >= 0.3 is 0 Å². The Kier molecular flexibility index (Phi) is 6.52. The van der Waals surface area contributed by atoms with Gasteiger partial charge in [0.25, 0.3) is 5.91 Å². The molecule has 29 heavy (non-hydrogen) atoms. The number of anilines is 1. The predicted octanol–water partition coefficient (Wildman–Crippen LogP) is 5.15. The van der Waals surface area contributed by atoms with Crippen LogP contribution < -0.4 is 10.8 Å². The summed E-state index contributed by atoms with van der Waals surface area (Å²) in [5.41, 5.74) is 2.46. The smallest absolute Gasteiger partial charge is 0.276 e. The molecular weight excluding hydrogens is 369 g/mol. The van der Waals surface area contributed by atoms with E-state index in [1.165, 1.54) is 6.20 Å². The van der Waals surface area contributed by atoms with Crippen molar-refractivity contribution in [2.75, 3.05) is 5.32 Å². The monoisotopic (exact) mass is 399 g/mol. The van der Waals surface area contributed by atoms with Gasteiger partial charge in [-0.2, -0.15) is 0 Å². The Labute approximate surface area is 171 Å².